The molecular formula is C17H27BrO2Si. The number of carbonyl (C=O) groups is 1. The molecule has 0 amide bonds. The molecule has 0 radical (unpaired) electrons. The van der Waals surface area contributed by atoms with Gasteiger partial charge in [-0.1, -0.05) is 48.8 Å². The molecule has 0 saturated carbocycles. The average molecular weight is 371 g/mol. The van der Waals surface area contributed by atoms with Gasteiger partial charge in [0.1, 0.15) is 6.29 Å². The molecule has 2 nitrogen and oxygen atoms in total. The minimum atomic E-state index is -1.71. The highest BCUT2D eigenvalue weighted by Crippen LogP contribution is 2.36. The molecule has 0 aliphatic heterocycles. The van der Waals surface area contributed by atoms with E-state index in [9.17, 15) is 4.79 Å². The van der Waals surface area contributed by atoms with Crippen LogP contribution in [-0.4, -0.2) is 21.2 Å². The van der Waals surface area contributed by atoms with Gasteiger partial charge in [0.25, 0.3) is 0 Å². The largest absolute Gasteiger partial charge is 0.417 e. The number of halogens is 1. The Kier molecular flexibility index (Phi) is 6.82. The van der Waals surface area contributed by atoms with E-state index in [4.69, 9.17) is 4.43 Å². The molecule has 0 aromatic heterocycles. The lowest BCUT2D eigenvalue weighted by atomic mass is 9.98. The second-order valence-corrected chi connectivity index (χ2v) is 12.8. The summed E-state index contributed by atoms with van der Waals surface area (Å²) in [6.45, 7) is 11.9. The molecule has 0 bridgehead atoms. The number of carbonyl (C=O) groups excluding carboxylic acids is 1. The van der Waals surface area contributed by atoms with E-state index in [0.717, 1.165) is 23.6 Å². The van der Waals surface area contributed by atoms with Gasteiger partial charge in [0.2, 0.25) is 0 Å². The molecule has 1 aromatic carbocycles. The summed E-state index contributed by atoms with van der Waals surface area (Å²) in [7, 11) is -1.71. The summed E-state index contributed by atoms with van der Waals surface area (Å²) in [5, 5.41) is 0.218. The Labute approximate surface area is 138 Å². The van der Waals surface area contributed by atoms with Crippen LogP contribution in [0.4, 0.5) is 0 Å². The van der Waals surface area contributed by atoms with Crippen molar-refractivity contribution in [2.75, 3.05) is 6.61 Å². The first kappa shape index (κ1) is 18.6. The first-order chi connectivity index (χ1) is 9.65. The molecular weight excluding hydrogens is 344 g/mol. The van der Waals surface area contributed by atoms with E-state index in [0.29, 0.717) is 6.61 Å². The second kappa shape index (κ2) is 7.70. The Bertz CT molecular complexity index is 449. The minimum Gasteiger partial charge on any atom is -0.417 e. The zero-order chi connectivity index (χ0) is 16.1. The molecule has 1 atom stereocenters. The Hall–Kier alpha value is -0.453. The van der Waals surface area contributed by atoms with Crippen LogP contribution in [0.1, 0.15) is 32.8 Å². The van der Waals surface area contributed by atoms with Gasteiger partial charge in [-0.25, -0.2) is 0 Å². The topological polar surface area (TPSA) is 26.3 Å². The van der Waals surface area contributed by atoms with Gasteiger partial charge in [0, 0.05) is 17.0 Å². The maximum atomic E-state index is 11.3. The van der Waals surface area contributed by atoms with Crippen molar-refractivity contribution in [2.45, 2.75) is 51.7 Å². The molecule has 21 heavy (non-hydrogen) atoms. The maximum Gasteiger partial charge on any atom is 0.191 e. The van der Waals surface area contributed by atoms with Crippen molar-refractivity contribution < 1.29 is 9.22 Å². The van der Waals surface area contributed by atoms with Crippen LogP contribution in [0.5, 0.6) is 0 Å². The van der Waals surface area contributed by atoms with E-state index < -0.39 is 8.32 Å². The van der Waals surface area contributed by atoms with Crippen LogP contribution in [0.3, 0.4) is 0 Å². The standard InChI is InChI=1S/C17H27BrO2Si/c1-17(2,3)21(4,5)20-11-10-15(13-19)12-14-6-8-16(18)9-7-14/h6-9,13,15H,10-12H2,1-5H3/t15-/m1/s1. The average Bonchev–Trinajstić information content (AvgIpc) is 2.38. The van der Waals surface area contributed by atoms with E-state index in [1.54, 1.807) is 0 Å². The first-order valence-corrected chi connectivity index (χ1v) is 11.2. The quantitative estimate of drug-likeness (QED) is 0.485. The highest BCUT2D eigenvalue weighted by Gasteiger charge is 2.36. The lowest BCUT2D eigenvalue weighted by Crippen LogP contribution is -2.41. The van der Waals surface area contributed by atoms with E-state index in [-0.39, 0.29) is 11.0 Å². The molecule has 0 fully saturated rings. The molecule has 4 heteroatoms. The number of hydrogen-bond donors (Lipinski definition) is 0. The Balaban J connectivity index is 2.48. The highest BCUT2D eigenvalue weighted by molar-refractivity contribution is 9.10. The van der Waals surface area contributed by atoms with Crippen LogP contribution < -0.4 is 0 Å². The Morgan fingerprint density at radius 1 is 1.24 bits per heavy atom. The van der Waals surface area contributed by atoms with Crippen LogP contribution in [0.2, 0.25) is 18.1 Å². The monoisotopic (exact) mass is 370 g/mol. The van der Waals surface area contributed by atoms with Crippen molar-refractivity contribution in [3.05, 3.63) is 34.3 Å². The predicted octanol–water partition coefficient (Wildman–Crippen LogP) is 5.22. The van der Waals surface area contributed by atoms with Gasteiger partial charge in [0.15, 0.2) is 8.32 Å². The third-order valence-electron chi connectivity index (χ3n) is 4.36. The SMILES string of the molecule is CC(C)(C)[Si](C)(C)OCC[C@@H](C=O)Cc1ccc(Br)cc1. The van der Waals surface area contributed by atoms with Crippen molar-refractivity contribution in [1.29, 1.82) is 0 Å². The Morgan fingerprint density at radius 3 is 2.29 bits per heavy atom. The summed E-state index contributed by atoms with van der Waals surface area (Å²) < 4.78 is 7.22. The van der Waals surface area contributed by atoms with Crippen molar-refractivity contribution >= 4 is 30.5 Å². The van der Waals surface area contributed by atoms with Gasteiger partial charge in [-0.2, -0.15) is 0 Å². The molecule has 0 spiro atoms. The molecule has 0 aliphatic rings. The number of benzene rings is 1. The van der Waals surface area contributed by atoms with Crippen molar-refractivity contribution in [2.24, 2.45) is 5.92 Å². The lowest BCUT2D eigenvalue weighted by Gasteiger charge is -2.36. The molecule has 1 rings (SSSR count). The zero-order valence-electron chi connectivity index (χ0n) is 13.8. The molecule has 0 N–H and O–H groups in total. The molecule has 118 valence electrons. The van der Waals surface area contributed by atoms with Crippen molar-refractivity contribution in [3.8, 4) is 0 Å². The van der Waals surface area contributed by atoms with Gasteiger partial charge < -0.3 is 9.22 Å². The summed E-state index contributed by atoms with van der Waals surface area (Å²) >= 11 is 3.43. The molecule has 0 saturated heterocycles. The summed E-state index contributed by atoms with van der Waals surface area (Å²) in [4.78, 5) is 11.3. The van der Waals surface area contributed by atoms with Crippen LogP contribution >= 0.6 is 15.9 Å². The number of rotatable bonds is 7. The third kappa shape index (κ3) is 6.05. The zero-order valence-corrected chi connectivity index (χ0v) is 16.4. The number of aldehydes is 1. The molecule has 1 aromatic rings. The second-order valence-electron chi connectivity index (χ2n) is 7.12. The summed E-state index contributed by atoms with van der Waals surface area (Å²) in [6, 6.07) is 8.16. The van der Waals surface area contributed by atoms with E-state index in [2.05, 4.69) is 61.9 Å². The van der Waals surface area contributed by atoms with Crippen LogP contribution in [0.15, 0.2) is 28.7 Å². The van der Waals surface area contributed by atoms with E-state index in [1.807, 2.05) is 12.1 Å². The van der Waals surface area contributed by atoms with Gasteiger partial charge in [-0.3, -0.25) is 0 Å². The minimum absolute atomic E-state index is 0.0379. The van der Waals surface area contributed by atoms with Gasteiger partial charge in [-0.15, -0.1) is 0 Å². The van der Waals surface area contributed by atoms with Crippen molar-refractivity contribution in [3.63, 3.8) is 0 Å². The van der Waals surface area contributed by atoms with E-state index >= 15 is 0 Å². The highest BCUT2D eigenvalue weighted by atomic mass is 79.9. The van der Waals surface area contributed by atoms with Crippen LogP contribution in [-0.2, 0) is 15.6 Å². The number of hydrogen-bond acceptors (Lipinski definition) is 2. The van der Waals surface area contributed by atoms with Gasteiger partial charge in [0.05, 0.1) is 0 Å². The summed E-state index contributed by atoms with van der Waals surface area (Å²) in [5.74, 6) is 0.0379. The maximum absolute atomic E-state index is 11.3. The lowest BCUT2D eigenvalue weighted by molar-refractivity contribution is -0.111. The molecule has 0 heterocycles. The Morgan fingerprint density at radius 2 is 1.81 bits per heavy atom. The van der Waals surface area contributed by atoms with Crippen LogP contribution in [0, 0.1) is 5.92 Å². The summed E-state index contributed by atoms with van der Waals surface area (Å²) in [5.41, 5.74) is 1.20. The predicted molar refractivity (Wildman–Crippen MR) is 95.2 cm³/mol. The van der Waals surface area contributed by atoms with E-state index in [1.165, 1.54) is 5.56 Å². The normalized spacial score (nSPS) is 14.0. The van der Waals surface area contributed by atoms with Gasteiger partial charge >= 0.3 is 0 Å². The fraction of sp³-hybridized carbons (Fsp3) is 0.588. The molecule has 0 unspecified atom stereocenters. The smallest absolute Gasteiger partial charge is 0.191 e. The fourth-order valence-corrected chi connectivity index (χ4v) is 3.15. The molecule has 0 aliphatic carbocycles. The fourth-order valence-electron chi connectivity index (χ4n) is 1.82. The van der Waals surface area contributed by atoms with Crippen molar-refractivity contribution in [1.82, 2.24) is 0 Å². The first-order valence-electron chi connectivity index (χ1n) is 7.49. The summed E-state index contributed by atoms with van der Waals surface area (Å²) in [6.07, 6.45) is 2.65. The third-order valence-corrected chi connectivity index (χ3v) is 9.43. The van der Waals surface area contributed by atoms with Gasteiger partial charge in [-0.05, 0) is 48.7 Å². The van der Waals surface area contributed by atoms with Crippen LogP contribution in [0.25, 0.3) is 0 Å².